The van der Waals surface area contributed by atoms with Crippen molar-refractivity contribution in [1.29, 1.82) is 0 Å². The largest absolute Gasteiger partial charge is 0.478 e. The minimum absolute atomic E-state index is 0.0612. The molecule has 0 bridgehead atoms. The minimum atomic E-state index is -0.975. The van der Waals surface area contributed by atoms with Crippen LogP contribution in [0.3, 0.4) is 0 Å². The molecule has 126 valence electrons. The molecule has 0 saturated carbocycles. The van der Waals surface area contributed by atoms with Crippen LogP contribution in [-0.2, 0) is 17.9 Å². The zero-order chi connectivity index (χ0) is 17.5. The van der Waals surface area contributed by atoms with Gasteiger partial charge in [-0.25, -0.2) is 4.79 Å². The molecular weight excluding hydrogens is 308 g/mol. The highest BCUT2D eigenvalue weighted by atomic mass is 16.4. The van der Waals surface area contributed by atoms with E-state index in [9.17, 15) is 14.4 Å². The SMILES string of the molecule is Cc1ccn(CCCC(=O)NCc2ccc(C(=O)O)cc2)c(=O)c1. The molecule has 0 saturated heterocycles. The first-order chi connectivity index (χ1) is 11.5. The van der Waals surface area contributed by atoms with Gasteiger partial charge in [0, 0.05) is 31.8 Å². The first-order valence-corrected chi connectivity index (χ1v) is 7.72. The quantitative estimate of drug-likeness (QED) is 0.813. The lowest BCUT2D eigenvalue weighted by Crippen LogP contribution is -2.24. The number of nitrogens with zero attached hydrogens (tertiary/aromatic N) is 1. The Hall–Kier alpha value is -2.89. The van der Waals surface area contributed by atoms with Crippen molar-refractivity contribution in [3.63, 3.8) is 0 Å². The van der Waals surface area contributed by atoms with Crippen LogP contribution in [0.2, 0.25) is 0 Å². The molecule has 0 unspecified atom stereocenters. The molecule has 1 heterocycles. The highest BCUT2D eigenvalue weighted by Gasteiger charge is 2.04. The van der Waals surface area contributed by atoms with Gasteiger partial charge in [0.25, 0.3) is 5.56 Å². The summed E-state index contributed by atoms with van der Waals surface area (Å²) in [5.74, 6) is -1.07. The zero-order valence-electron chi connectivity index (χ0n) is 13.5. The van der Waals surface area contributed by atoms with Crippen LogP contribution in [0, 0.1) is 6.92 Å². The standard InChI is InChI=1S/C18H20N2O4/c1-13-8-10-20(17(22)11-13)9-2-3-16(21)19-12-14-4-6-15(7-5-14)18(23)24/h4-8,10-11H,2-3,9,12H2,1H3,(H,19,21)(H,23,24). The number of amides is 1. The van der Waals surface area contributed by atoms with Gasteiger partial charge in [-0.15, -0.1) is 0 Å². The number of aromatic nitrogens is 1. The van der Waals surface area contributed by atoms with E-state index in [0.29, 0.717) is 25.9 Å². The van der Waals surface area contributed by atoms with E-state index in [1.54, 1.807) is 29.0 Å². The zero-order valence-corrected chi connectivity index (χ0v) is 13.5. The predicted octanol–water partition coefficient (Wildman–Crippen LogP) is 1.95. The molecule has 6 nitrogen and oxygen atoms in total. The molecule has 1 aromatic carbocycles. The number of nitrogens with one attached hydrogen (secondary N) is 1. The van der Waals surface area contributed by atoms with Gasteiger partial charge in [-0.3, -0.25) is 9.59 Å². The van der Waals surface area contributed by atoms with E-state index in [1.807, 2.05) is 13.0 Å². The van der Waals surface area contributed by atoms with Crippen molar-refractivity contribution < 1.29 is 14.7 Å². The lowest BCUT2D eigenvalue weighted by Gasteiger charge is -2.07. The number of carboxylic acids is 1. The van der Waals surface area contributed by atoms with Crippen molar-refractivity contribution in [2.45, 2.75) is 32.9 Å². The molecule has 0 aliphatic rings. The number of aryl methyl sites for hydroxylation is 2. The topological polar surface area (TPSA) is 88.4 Å². The Balaban J connectivity index is 1.75. The molecule has 1 amide bonds. The molecule has 2 rings (SSSR count). The molecule has 0 aliphatic heterocycles. The van der Waals surface area contributed by atoms with Crippen molar-refractivity contribution in [2.24, 2.45) is 0 Å². The summed E-state index contributed by atoms with van der Waals surface area (Å²) in [5, 5.41) is 11.6. The maximum absolute atomic E-state index is 11.8. The maximum atomic E-state index is 11.8. The van der Waals surface area contributed by atoms with Crippen molar-refractivity contribution >= 4 is 11.9 Å². The molecule has 24 heavy (non-hydrogen) atoms. The average molecular weight is 328 g/mol. The van der Waals surface area contributed by atoms with Gasteiger partial charge in [0.1, 0.15) is 0 Å². The monoisotopic (exact) mass is 328 g/mol. The fraction of sp³-hybridized carbons (Fsp3) is 0.278. The Morgan fingerprint density at radius 1 is 1.17 bits per heavy atom. The van der Waals surface area contributed by atoms with Crippen LogP contribution < -0.4 is 10.9 Å². The predicted molar refractivity (Wildman–Crippen MR) is 89.9 cm³/mol. The molecule has 0 atom stereocenters. The molecule has 0 fully saturated rings. The number of carbonyl (C=O) groups excluding carboxylic acids is 1. The number of hydrogen-bond donors (Lipinski definition) is 2. The summed E-state index contributed by atoms with van der Waals surface area (Å²) < 4.78 is 1.59. The van der Waals surface area contributed by atoms with Gasteiger partial charge in [0.15, 0.2) is 0 Å². The van der Waals surface area contributed by atoms with Gasteiger partial charge in [-0.2, -0.15) is 0 Å². The number of aromatic carboxylic acids is 1. The number of pyridine rings is 1. The van der Waals surface area contributed by atoms with Crippen LogP contribution >= 0.6 is 0 Å². The highest BCUT2D eigenvalue weighted by Crippen LogP contribution is 2.04. The average Bonchev–Trinajstić information content (AvgIpc) is 2.55. The van der Waals surface area contributed by atoms with Crippen molar-refractivity contribution in [3.8, 4) is 0 Å². The first kappa shape index (κ1) is 17.5. The van der Waals surface area contributed by atoms with Gasteiger partial charge in [-0.05, 0) is 42.7 Å². The van der Waals surface area contributed by atoms with Crippen molar-refractivity contribution in [1.82, 2.24) is 9.88 Å². The van der Waals surface area contributed by atoms with Gasteiger partial charge in [-0.1, -0.05) is 12.1 Å². The highest BCUT2D eigenvalue weighted by molar-refractivity contribution is 5.87. The summed E-state index contributed by atoms with van der Waals surface area (Å²) in [6.07, 6.45) is 2.64. The summed E-state index contributed by atoms with van der Waals surface area (Å²) in [4.78, 5) is 34.3. The number of carboxylic acid groups (broad SMARTS) is 1. The lowest BCUT2D eigenvalue weighted by molar-refractivity contribution is -0.121. The fourth-order valence-electron chi connectivity index (χ4n) is 2.26. The summed E-state index contributed by atoms with van der Waals surface area (Å²) in [5.41, 5.74) is 1.91. The summed E-state index contributed by atoms with van der Waals surface area (Å²) in [7, 11) is 0. The second-order valence-electron chi connectivity index (χ2n) is 5.62. The third-order valence-electron chi connectivity index (χ3n) is 3.65. The fourth-order valence-corrected chi connectivity index (χ4v) is 2.26. The van der Waals surface area contributed by atoms with Crippen LogP contribution in [0.1, 0.15) is 34.3 Å². The summed E-state index contributed by atoms with van der Waals surface area (Å²) in [6, 6.07) is 9.80. The van der Waals surface area contributed by atoms with Gasteiger partial charge >= 0.3 is 5.97 Å². The maximum Gasteiger partial charge on any atom is 0.335 e. The number of benzene rings is 1. The van der Waals surface area contributed by atoms with E-state index in [1.165, 1.54) is 12.1 Å². The van der Waals surface area contributed by atoms with E-state index in [0.717, 1.165) is 11.1 Å². The Morgan fingerprint density at radius 3 is 2.50 bits per heavy atom. The van der Waals surface area contributed by atoms with Gasteiger partial charge in [0.05, 0.1) is 5.56 Å². The molecule has 6 heteroatoms. The lowest BCUT2D eigenvalue weighted by atomic mass is 10.1. The molecule has 2 aromatic rings. The van der Waals surface area contributed by atoms with Gasteiger partial charge in [0.2, 0.25) is 5.91 Å². The minimum Gasteiger partial charge on any atom is -0.478 e. The Bertz CT molecular complexity index is 778. The van der Waals surface area contributed by atoms with E-state index in [4.69, 9.17) is 5.11 Å². The van der Waals surface area contributed by atoms with Crippen LogP contribution in [0.15, 0.2) is 47.4 Å². The molecule has 0 radical (unpaired) electrons. The summed E-state index contributed by atoms with van der Waals surface area (Å²) >= 11 is 0. The summed E-state index contributed by atoms with van der Waals surface area (Å²) in [6.45, 7) is 2.71. The number of hydrogen-bond acceptors (Lipinski definition) is 3. The normalized spacial score (nSPS) is 10.4. The number of rotatable bonds is 7. The molecule has 2 N–H and O–H groups in total. The third kappa shape index (κ3) is 5.08. The van der Waals surface area contributed by atoms with Crippen LogP contribution in [0.4, 0.5) is 0 Å². The van der Waals surface area contributed by atoms with Gasteiger partial charge < -0.3 is 15.0 Å². The van der Waals surface area contributed by atoms with E-state index in [2.05, 4.69) is 5.32 Å². The van der Waals surface area contributed by atoms with E-state index >= 15 is 0 Å². The molecule has 1 aromatic heterocycles. The van der Waals surface area contributed by atoms with E-state index in [-0.39, 0.29) is 17.0 Å². The third-order valence-corrected chi connectivity index (χ3v) is 3.65. The van der Waals surface area contributed by atoms with E-state index < -0.39 is 5.97 Å². The Labute approximate surface area is 139 Å². The molecule has 0 aliphatic carbocycles. The Kier molecular flexibility index (Phi) is 5.89. The Morgan fingerprint density at radius 2 is 1.88 bits per heavy atom. The molecular formula is C18H20N2O4. The smallest absolute Gasteiger partial charge is 0.335 e. The first-order valence-electron chi connectivity index (χ1n) is 7.72. The second-order valence-corrected chi connectivity index (χ2v) is 5.62. The molecule has 0 spiro atoms. The van der Waals surface area contributed by atoms with Crippen LogP contribution in [0.25, 0.3) is 0 Å². The van der Waals surface area contributed by atoms with Crippen molar-refractivity contribution in [2.75, 3.05) is 0 Å². The van der Waals surface area contributed by atoms with Crippen molar-refractivity contribution in [3.05, 3.63) is 69.6 Å². The second kappa shape index (κ2) is 8.10. The van der Waals surface area contributed by atoms with Crippen LogP contribution in [-0.4, -0.2) is 21.6 Å². The van der Waals surface area contributed by atoms with Crippen LogP contribution in [0.5, 0.6) is 0 Å². The number of carbonyl (C=O) groups is 2.